The third-order valence-electron chi connectivity index (χ3n) is 6.32. The van der Waals surface area contributed by atoms with Crippen LogP contribution in [0.1, 0.15) is 46.6 Å². The van der Waals surface area contributed by atoms with Gasteiger partial charge in [-0.05, 0) is 65.3 Å². The minimum absolute atomic E-state index is 0.00896. The highest BCUT2D eigenvalue weighted by molar-refractivity contribution is 9.10. The second kappa shape index (κ2) is 9.91. The van der Waals surface area contributed by atoms with Crippen molar-refractivity contribution in [2.24, 2.45) is 10.9 Å². The number of Topliss-reactive ketones (excluding diaryl/α,β-unsaturated/α-hetero) is 1. The Morgan fingerprint density at radius 1 is 1.31 bits per heavy atom. The van der Waals surface area contributed by atoms with Crippen LogP contribution in [0.4, 0.5) is 9.18 Å². The van der Waals surface area contributed by atoms with Crippen LogP contribution in [-0.4, -0.2) is 53.7 Å². The molecule has 2 aliphatic rings. The van der Waals surface area contributed by atoms with Crippen LogP contribution >= 0.6 is 27.7 Å². The number of amidine groups is 1. The highest BCUT2D eigenvalue weighted by Crippen LogP contribution is 2.67. The summed E-state index contributed by atoms with van der Waals surface area (Å²) in [6.07, 6.45) is -0.0483. The Bertz CT molecular complexity index is 1040. The van der Waals surface area contributed by atoms with Crippen LogP contribution < -0.4 is 0 Å². The Kier molecular flexibility index (Phi) is 8.02. The van der Waals surface area contributed by atoms with E-state index in [0.29, 0.717) is 23.8 Å². The zero-order chi connectivity index (χ0) is 26.4. The fraction of sp³-hybridized carbons (Fsp3) is 0.640. The van der Waals surface area contributed by atoms with Crippen LogP contribution in [-0.2, 0) is 19.8 Å². The van der Waals surface area contributed by atoms with E-state index in [9.17, 15) is 9.59 Å². The topological polar surface area (TPSA) is 68.2 Å². The minimum Gasteiger partial charge on any atom is -0.443 e. The van der Waals surface area contributed by atoms with Gasteiger partial charge in [0.05, 0.1) is 10.3 Å². The molecular formula is C25H36BrFN2O4SSi. The number of nitrogens with zero attached hydrogens (tertiary/aromatic N) is 2. The van der Waals surface area contributed by atoms with E-state index >= 15 is 4.39 Å². The van der Waals surface area contributed by atoms with E-state index in [-0.39, 0.29) is 18.4 Å². The number of aliphatic imine (C=N–C) groups is 1. The summed E-state index contributed by atoms with van der Waals surface area (Å²) < 4.78 is 26.6. The SMILES string of the molecule is CC(=O)[C@]12C[C@H]1[C@@](C)(c1cc(Br)ccc1F)N=C(N(COCC[Si](C)(C)C)C(=O)OC(C)(C)C)S2. The lowest BCUT2D eigenvalue weighted by Gasteiger charge is -2.37. The molecule has 0 saturated heterocycles. The number of carbonyl (C=O) groups excluding carboxylic acids is 2. The van der Waals surface area contributed by atoms with Crippen molar-refractivity contribution < 1.29 is 23.5 Å². The second-order valence-electron chi connectivity index (χ2n) is 11.7. The molecule has 1 fully saturated rings. The average Bonchev–Trinajstić information content (AvgIpc) is 3.45. The molecule has 1 aliphatic heterocycles. The van der Waals surface area contributed by atoms with Gasteiger partial charge in [-0.1, -0.05) is 47.3 Å². The highest BCUT2D eigenvalue weighted by atomic mass is 79.9. The third kappa shape index (κ3) is 6.37. The molecule has 1 aromatic carbocycles. The van der Waals surface area contributed by atoms with Crippen LogP contribution in [0, 0.1) is 11.7 Å². The lowest BCUT2D eigenvalue weighted by Crippen LogP contribution is -2.46. The molecule has 1 aliphatic carbocycles. The summed E-state index contributed by atoms with van der Waals surface area (Å²) in [4.78, 5) is 32.4. The van der Waals surface area contributed by atoms with Gasteiger partial charge in [-0.15, -0.1) is 0 Å². The van der Waals surface area contributed by atoms with Gasteiger partial charge in [0, 0.05) is 30.6 Å². The summed E-state index contributed by atoms with van der Waals surface area (Å²) in [5.41, 5.74) is -1.37. The van der Waals surface area contributed by atoms with Gasteiger partial charge in [0.25, 0.3) is 0 Å². The molecule has 1 saturated carbocycles. The van der Waals surface area contributed by atoms with E-state index in [2.05, 4.69) is 35.6 Å². The number of hydrogen-bond acceptors (Lipinski definition) is 6. The van der Waals surface area contributed by atoms with E-state index in [4.69, 9.17) is 14.5 Å². The van der Waals surface area contributed by atoms with Crippen molar-refractivity contribution in [3.8, 4) is 0 Å². The predicted molar refractivity (Wildman–Crippen MR) is 145 cm³/mol. The average molecular weight is 588 g/mol. The summed E-state index contributed by atoms with van der Waals surface area (Å²) in [6.45, 7) is 16.0. The molecule has 0 radical (unpaired) electrons. The predicted octanol–water partition coefficient (Wildman–Crippen LogP) is 6.80. The number of thioether (sulfide) groups is 1. The molecule has 1 heterocycles. The fourth-order valence-electron chi connectivity index (χ4n) is 4.22. The van der Waals surface area contributed by atoms with E-state index in [0.717, 1.165) is 10.5 Å². The smallest absolute Gasteiger partial charge is 0.418 e. The van der Waals surface area contributed by atoms with E-state index in [1.165, 1.54) is 22.7 Å². The van der Waals surface area contributed by atoms with Gasteiger partial charge in [0.2, 0.25) is 0 Å². The number of fused-ring (bicyclic) bond motifs is 1. The van der Waals surface area contributed by atoms with E-state index < -0.39 is 35.9 Å². The minimum atomic E-state index is -1.33. The van der Waals surface area contributed by atoms with Crippen LogP contribution in [0.15, 0.2) is 27.7 Å². The maximum atomic E-state index is 15.1. The molecule has 0 spiro atoms. The van der Waals surface area contributed by atoms with Gasteiger partial charge in [-0.25, -0.2) is 14.1 Å². The zero-order valence-electron chi connectivity index (χ0n) is 21.8. The first-order chi connectivity index (χ1) is 16.0. The van der Waals surface area contributed by atoms with Gasteiger partial charge in [-0.2, -0.15) is 0 Å². The standard InChI is InChI=1S/C25H36BrFN2O4SSi/c1-16(30)25-14-20(25)24(5,18-13-17(26)9-10-19(18)27)28-21(34-25)29(22(31)33-23(2,3)4)15-32-11-12-35(6,7)8/h9-10,13,20H,11-12,14-15H2,1-8H3/t20-,24+,25+/m0/s1. The Hall–Kier alpha value is -1.23. The van der Waals surface area contributed by atoms with Crippen LogP contribution in [0.2, 0.25) is 25.7 Å². The number of benzene rings is 1. The molecule has 3 rings (SSSR count). The van der Waals surface area contributed by atoms with Gasteiger partial charge < -0.3 is 9.47 Å². The number of carbonyl (C=O) groups is 2. The molecular weight excluding hydrogens is 551 g/mol. The first-order valence-corrected chi connectivity index (χ1v) is 17.1. The maximum Gasteiger partial charge on any atom is 0.418 e. The summed E-state index contributed by atoms with van der Waals surface area (Å²) in [6, 6.07) is 5.67. The Balaban J connectivity index is 2.03. The zero-order valence-corrected chi connectivity index (χ0v) is 25.2. The van der Waals surface area contributed by atoms with Crippen molar-refractivity contribution in [2.45, 2.75) is 82.6 Å². The molecule has 1 aromatic rings. The summed E-state index contributed by atoms with van der Waals surface area (Å²) in [7, 11) is -1.33. The molecule has 10 heteroatoms. The molecule has 0 unspecified atom stereocenters. The first-order valence-electron chi connectivity index (χ1n) is 11.8. The largest absolute Gasteiger partial charge is 0.443 e. The molecule has 3 atom stereocenters. The molecule has 0 N–H and O–H groups in total. The lowest BCUT2D eigenvalue weighted by molar-refractivity contribution is -0.117. The molecule has 35 heavy (non-hydrogen) atoms. The van der Waals surface area contributed by atoms with Gasteiger partial charge in [0.15, 0.2) is 5.17 Å². The Morgan fingerprint density at radius 2 is 1.97 bits per heavy atom. The van der Waals surface area contributed by atoms with Crippen molar-refractivity contribution in [1.82, 2.24) is 4.90 Å². The Morgan fingerprint density at radius 3 is 2.54 bits per heavy atom. The fourth-order valence-corrected chi connectivity index (χ4v) is 6.90. The van der Waals surface area contributed by atoms with Gasteiger partial charge in [0.1, 0.15) is 23.9 Å². The third-order valence-corrected chi connectivity index (χ3v) is 10.1. The molecule has 0 bridgehead atoms. The molecule has 1 amide bonds. The highest BCUT2D eigenvalue weighted by Gasteiger charge is 2.70. The van der Waals surface area contributed by atoms with Crippen LogP contribution in [0.3, 0.4) is 0 Å². The number of hydrogen-bond donors (Lipinski definition) is 0. The molecule has 194 valence electrons. The normalized spacial score (nSPS) is 26.0. The Labute approximate surface area is 221 Å². The van der Waals surface area contributed by atoms with Crippen molar-refractivity contribution >= 4 is 52.8 Å². The first kappa shape index (κ1) is 28.3. The van der Waals surface area contributed by atoms with Crippen molar-refractivity contribution in [3.05, 3.63) is 34.1 Å². The summed E-state index contributed by atoms with van der Waals surface area (Å²) in [5.74, 6) is -0.589. The number of amides is 1. The summed E-state index contributed by atoms with van der Waals surface area (Å²) >= 11 is 4.70. The quantitative estimate of drug-likeness (QED) is 0.199. The summed E-state index contributed by atoms with van der Waals surface area (Å²) in [5, 5.41) is 0.318. The van der Waals surface area contributed by atoms with Gasteiger partial charge >= 0.3 is 6.09 Å². The van der Waals surface area contributed by atoms with Crippen LogP contribution in [0.25, 0.3) is 0 Å². The maximum absolute atomic E-state index is 15.1. The van der Waals surface area contributed by atoms with Crippen LogP contribution in [0.5, 0.6) is 0 Å². The van der Waals surface area contributed by atoms with E-state index in [1.807, 2.05) is 6.92 Å². The molecule has 0 aromatic heterocycles. The number of rotatable bonds is 7. The monoisotopic (exact) mass is 586 g/mol. The lowest BCUT2D eigenvalue weighted by atomic mass is 9.85. The van der Waals surface area contributed by atoms with Crippen molar-refractivity contribution in [2.75, 3.05) is 13.3 Å². The van der Waals surface area contributed by atoms with Crippen molar-refractivity contribution in [1.29, 1.82) is 0 Å². The van der Waals surface area contributed by atoms with E-state index in [1.54, 1.807) is 39.8 Å². The number of halogens is 2. The van der Waals surface area contributed by atoms with Crippen molar-refractivity contribution in [3.63, 3.8) is 0 Å². The number of ketones is 1. The second-order valence-corrected chi connectivity index (χ2v) is 19.6. The number of ether oxygens (including phenoxy) is 2. The molecule has 6 nitrogen and oxygen atoms in total. The van der Waals surface area contributed by atoms with Gasteiger partial charge in [-0.3, -0.25) is 9.79 Å².